The van der Waals surface area contributed by atoms with Crippen LogP contribution in [0.4, 0.5) is 0 Å². The standard InChI is InChI=1S/C24H27N5O/c30-24(25-14-18-7-3-1-4-8-18)22-16-28-12-11-20(22)13-21(28)15-29-17-23(26-27-29)19-9-5-2-6-10-19/h1-10,17,20-22H,11-16H2,(H,25,30)/p+1/t20-,21-,22+/m1/s1. The van der Waals surface area contributed by atoms with Crippen LogP contribution in [-0.2, 0) is 17.9 Å². The zero-order valence-electron chi connectivity index (χ0n) is 17.1. The molecule has 0 radical (unpaired) electrons. The van der Waals surface area contributed by atoms with Crippen molar-refractivity contribution in [2.24, 2.45) is 11.8 Å². The largest absolute Gasteiger partial charge is 0.352 e. The van der Waals surface area contributed by atoms with E-state index in [-0.39, 0.29) is 11.8 Å². The summed E-state index contributed by atoms with van der Waals surface area (Å²) in [6.45, 7) is 3.56. The minimum absolute atomic E-state index is 0.129. The number of piperidine rings is 3. The Balaban J connectivity index is 1.19. The molecule has 0 saturated carbocycles. The first kappa shape index (κ1) is 19.0. The molecular formula is C24H28N5O+. The molecule has 4 atom stereocenters. The summed E-state index contributed by atoms with van der Waals surface area (Å²) in [7, 11) is 0. The third-order valence-corrected chi connectivity index (χ3v) is 6.71. The van der Waals surface area contributed by atoms with Crippen LogP contribution in [0.1, 0.15) is 18.4 Å². The molecule has 1 aromatic heterocycles. The molecule has 3 aromatic rings. The maximum Gasteiger partial charge on any atom is 0.229 e. The second kappa shape index (κ2) is 8.40. The number of fused-ring (bicyclic) bond motifs is 3. The minimum atomic E-state index is 0.129. The van der Waals surface area contributed by atoms with Crippen molar-refractivity contribution in [3.8, 4) is 11.3 Å². The predicted molar refractivity (Wildman–Crippen MR) is 114 cm³/mol. The number of rotatable bonds is 6. The Morgan fingerprint density at radius 1 is 1.10 bits per heavy atom. The third-order valence-electron chi connectivity index (χ3n) is 6.71. The lowest BCUT2D eigenvalue weighted by Gasteiger charge is -2.46. The van der Waals surface area contributed by atoms with Gasteiger partial charge in [0, 0.05) is 24.9 Å². The van der Waals surface area contributed by atoms with Crippen LogP contribution in [0, 0.1) is 11.8 Å². The van der Waals surface area contributed by atoms with Crippen LogP contribution in [-0.4, -0.2) is 40.0 Å². The van der Waals surface area contributed by atoms with E-state index in [9.17, 15) is 4.79 Å². The van der Waals surface area contributed by atoms with Gasteiger partial charge in [0.25, 0.3) is 0 Å². The molecule has 3 saturated heterocycles. The summed E-state index contributed by atoms with van der Waals surface area (Å²) in [5.41, 5.74) is 3.16. The average molecular weight is 403 g/mol. The maximum atomic E-state index is 12.8. The molecule has 154 valence electrons. The summed E-state index contributed by atoms with van der Waals surface area (Å²) in [5, 5.41) is 11.9. The number of benzene rings is 2. The van der Waals surface area contributed by atoms with E-state index in [0.717, 1.165) is 49.3 Å². The quantitative estimate of drug-likeness (QED) is 0.658. The summed E-state index contributed by atoms with van der Waals surface area (Å²) in [6, 6.07) is 20.8. The number of nitrogens with one attached hydrogen (secondary N) is 2. The SMILES string of the molecule is O=C(NCc1ccccc1)[C@H]1C[NH+]2CC[C@@H]1C[C@@H]2Cn1cc(-c2ccccc2)nn1. The highest BCUT2D eigenvalue weighted by molar-refractivity contribution is 5.79. The first-order chi connectivity index (χ1) is 14.8. The number of carbonyl (C=O) groups excluding carboxylic acids is 1. The summed E-state index contributed by atoms with van der Waals surface area (Å²) < 4.78 is 1.98. The summed E-state index contributed by atoms with van der Waals surface area (Å²) in [4.78, 5) is 14.4. The van der Waals surface area contributed by atoms with E-state index in [1.54, 1.807) is 0 Å². The second-order valence-electron chi connectivity index (χ2n) is 8.60. The van der Waals surface area contributed by atoms with Crippen molar-refractivity contribution in [2.45, 2.75) is 32.0 Å². The van der Waals surface area contributed by atoms with Gasteiger partial charge in [0.1, 0.15) is 11.7 Å². The zero-order valence-corrected chi connectivity index (χ0v) is 17.1. The van der Waals surface area contributed by atoms with Gasteiger partial charge in [0.15, 0.2) is 0 Å². The predicted octanol–water partition coefficient (Wildman–Crippen LogP) is 1.55. The molecule has 1 amide bonds. The molecule has 2 aromatic carbocycles. The van der Waals surface area contributed by atoms with Crippen molar-refractivity contribution >= 4 is 5.91 Å². The van der Waals surface area contributed by atoms with Gasteiger partial charge in [-0.25, -0.2) is 4.68 Å². The first-order valence-corrected chi connectivity index (χ1v) is 10.9. The molecule has 0 aliphatic carbocycles. The van der Waals surface area contributed by atoms with Crippen LogP contribution < -0.4 is 10.2 Å². The highest BCUT2D eigenvalue weighted by Crippen LogP contribution is 2.28. The maximum absolute atomic E-state index is 12.8. The molecule has 6 rings (SSSR count). The Hall–Kier alpha value is -2.99. The van der Waals surface area contributed by atoms with Gasteiger partial charge in [-0.3, -0.25) is 4.79 Å². The average Bonchev–Trinajstić information content (AvgIpc) is 3.28. The van der Waals surface area contributed by atoms with Crippen molar-refractivity contribution in [2.75, 3.05) is 13.1 Å². The Morgan fingerprint density at radius 2 is 1.87 bits per heavy atom. The topological polar surface area (TPSA) is 64.2 Å². The van der Waals surface area contributed by atoms with Crippen LogP contribution in [0.25, 0.3) is 11.3 Å². The summed E-state index contributed by atoms with van der Waals surface area (Å²) >= 11 is 0. The van der Waals surface area contributed by atoms with Gasteiger partial charge in [0.2, 0.25) is 5.91 Å². The fourth-order valence-corrected chi connectivity index (χ4v) is 5.09. The van der Waals surface area contributed by atoms with Crippen LogP contribution in [0.2, 0.25) is 0 Å². The van der Waals surface area contributed by atoms with Crippen LogP contribution in [0.15, 0.2) is 66.9 Å². The fraction of sp³-hybridized carbons (Fsp3) is 0.375. The molecule has 0 spiro atoms. The van der Waals surface area contributed by atoms with E-state index in [4.69, 9.17) is 0 Å². The molecule has 3 aliphatic heterocycles. The van der Waals surface area contributed by atoms with Crippen LogP contribution >= 0.6 is 0 Å². The Labute approximate surface area is 176 Å². The van der Waals surface area contributed by atoms with Gasteiger partial charge >= 0.3 is 0 Å². The number of quaternary nitrogens is 1. The highest BCUT2D eigenvalue weighted by atomic mass is 16.1. The van der Waals surface area contributed by atoms with E-state index in [2.05, 4.69) is 39.9 Å². The third kappa shape index (κ3) is 4.00. The Bertz CT molecular complexity index is 987. The van der Waals surface area contributed by atoms with Crippen molar-refractivity contribution in [1.82, 2.24) is 20.3 Å². The normalized spacial score (nSPS) is 25.2. The molecular weight excluding hydrogens is 374 g/mol. The van der Waals surface area contributed by atoms with Gasteiger partial charge in [0.05, 0.1) is 31.7 Å². The number of carbonyl (C=O) groups is 1. The summed E-state index contributed by atoms with van der Waals surface area (Å²) in [5.74, 6) is 0.816. The van der Waals surface area contributed by atoms with Gasteiger partial charge in [-0.1, -0.05) is 65.9 Å². The molecule has 30 heavy (non-hydrogen) atoms. The van der Waals surface area contributed by atoms with E-state index in [1.165, 1.54) is 4.90 Å². The smallest absolute Gasteiger partial charge is 0.229 e. The van der Waals surface area contributed by atoms with Gasteiger partial charge in [-0.05, 0) is 11.5 Å². The molecule has 3 fully saturated rings. The molecule has 6 nitrogen and oxygen atoms in total. The van der Waals surface area contributed by atoms with Crippen LogP contribution in [0.3, 0.4) is 0 Å². The van der Waals surface area contributed by atoms with Crippen molar-refractivity contribution in [3.63, 3.8) is 0 Å². The lowest BCUT2D eigenvalue weighted by atomic mass is 9.75. The lowest BCUT2D eigenvalue weighted by Crippen LogP contribution is -3.20. The van der Waals surface area contributed by atoms with E-state index < -0.39 is 0 Å². The van der Waals surface area contributed by atoms with Gasteiger partial charge < -0.3 is 10.2 Å². The molecule has 3 aliphatic rings. The highest BCUT2D eigenvalue weighted by Gasteiger charge is 2.46. The van der Waals surface area contributed by atoms with Crippen molar-refractivity contribution in [3.05, 3.63) is 72.4 Å². The van der Waals surface area contributed by atoms with E-state index in [1.807, 2.05) is 47.3 Å². The number of nitrogens with zero attached hydrogens (tertiary/aromatic N) is 3. The molecule has 1 unspecified atom stereocenters. The lowest BCUT2D eigenvalue weighted by molar-refractivity contribution is -0.945. The van der Waals surface area contributed by atoms with Crippen molar-refractivity contribution in [1.29, 1.82) is 0 Å². The molecule has 6 heteroatoms. The van der Waals surface area contributed by atoms with Gasteiger partial charge in [-0.2, -0.15) is 0 Å². The number of aromatic nitrogens is 3. The molecule has 2 N–H and O–H groups in total. The minimum Gasteiger partial charge on any atom is -0.352 e. The Kier molecular flexibility index (Phi) is 5.32. The number of amides is 1. The molecule has 4 heterocycles. The monoisotopic (exact) mass is 402 g/mol. The van der Waals surface area contributed by atoms with Gasteiger partial charge in [-0.15, -0.1) is 5.10 Å². The Morgan fingerprint density at radius 3 is 2.60 bits per heavy atom. The van der Waals surface area contributed by atoms with E-state index >= 15 is 0 Å². The first-order valence-electron chi connectivity index (χ1n) is 10.9. The fourth-order valence-electron chi connectivity index (χ4n) is 5.09. The van der Waals surface area contributed by atoms with Crippen molar-refractivity contribution < 1.29 is 9.69 Å². The summed E-state index contributed by atoms with van der Waals surface area (Å²) in [6.07, 6.45) is 4.27. The van der Waals surface area contributed by atoms with Crippen LogP contribution in [0.5, 0.6) is 0 Å². The molecule has 2 bridgehead atoms. The number of hydrogen-bond acceptors (Lipinski definition) is 3. The number of hydrogen-bond donors (Lipinski definition) is 2. The second-order valence-corrected chi connectivity index (χ2v) is 8.60. The van der Waals surface area contributed by atoms with E-state index in [0.29, 0.717) is 18.5 Å². The zero-order chi connectivity index (χ0) is 20.3.